The Labute approximate surface area is 122 Å². The fourth-order valence-electron chi connectivity index (χ4n) is 2.39. The summed E-state index contributed by atoms with van der Waals surface area (Å²) in [6, 6.07) is 15.5. The molecule has 1 aromatic heterocycles. The zero-order valence-electron chi connectivity index (χ0n) is 10.8. The zero-order valence-corrected chi connectivity index (χ0v) is 11.6. The molecule has 0 amide bonds. The Kier molecular flexibility index (Phi) is 3.68. The molecular weight excluding hydrogens is 270 g/mol. The van der Waals surface area contributed by atoms with E-state index in [-0.39, 0.29) is 0 Å². The van der Waals surface area contributed by atoms with E-state index in [0.717, 1.165) is 21.9 Å². The van der Waals surface area contributed by atoms with E-state index in [1.54, 1.807) is 12.4 Å². The fourth-order valence-corrected chi connectivity index (χ4v) is 2.60. The monoisotopic (exact) mass is 283 g/mol. The summed E-state index contributed by atoms with van der Waals surface area (Å²) in [5.41, 5.74) is 1.78. The van der Waals surface area contributed by atoms with Gasteiger partial charge in [0, 0.05) is 34.8 Å². The Morgan fingerprint density at radius 3 is 2.60 bits per heavy atom. The molecular formula is C17H14ClNO. The molecule has 1 N–H and O–H groups in total. The number of halogens is 1. The third-order valence-electron chi connectivity index (χ3n) is 3.43. The van der Waals surface area contributed by atoms with Crippen LogP contribution in [0.4, 0.5) is 0 Å². The molecule has 3 rings (SSSR count). The first-order chi connectivity index (χ1) is 9.75. The smallest absolute Gasteiger partial charge is 0.0851 e. The normalized spacial score (nSPS) is 12.5. The van der Waals surface area contributed by atoms with Crippen LogP contribution in [0.2, 0.25) is 5.02 Å². The van der Waals surface area contributed by atoms with Gasteiger partial charge in [0.1, 0.15) is 0 Å². The van der Waals surface area contributed by atoms with Crippen molar-refractivity contribution in [2.45, 2.75) is 12.5 Å². The molecule has 1 unspecified atom stereocenters. The number of aliphatic hydroxyl groups is 1. The van der Waals surface area contributed by atoms with Crippen LogP contribution in [0.1, 0.15) is 17.2 Å². The van der Waals surface area contributed by atoms with E-state index < -0.39 is 6.10 Å². The summed E-state index contributed by atoms with van der Waals surface area (Å²) in [6.07, 6.45) is 3.40. The second-order valence-electron chi connectivity index (χ2n) is 4.76. The molecule has 3 heteroatoms. The molecule has 0 spiro atoms. The highest BCUT2D eigenvalue weighted by molar-refractivity contribution is 6.31. The lowest BCUT2D eigenvalue weighted by atomic mass is 9.98. The molecule has 0 saturated heterocycles. The average molecular weight is 284 g/mol. The highest BCUT2D eigenvalue weighted by Gasteiger charge is 2.13. The molecule has 0 bridgehead atoms. The van der Waals surface area contributed by atoms with Crippen LogP contribution in [0.25, 0.3) is 10.8 Å². The quantitative estimate of drug-likeness (QED) is 0.783. The standard InChI is InChI=1S/C17H14ClNO/c18-16-8-4-2-5-12(16)9-17(20)15-11-19-10-13-6-1-3-7-14(13)15/h1-8,10-11,17,20H,9H2. The van der Waals surface area contributed by atoms with E-state index in [1.807, 2.05) is 48.5 Å². The maximum absolute atomic E-state index is 10.5. The van der Waals surface area contributed by atoms with Crippen molar-refractivity contribution in [1.29, 1.82) is 0 Å². The van der Waals surface area contributed by atoms with Crippen LogP contribution in [0.3, 0.4) is 0 Å². The molecule has 0 aliphatic rings. The number of aromatic nitrogens is 1. The number of benzene rings is 2. The Morgan fingerprint density at radius 1 is 1.00 bits per heavy atom. The predicted molar refractivity (Wildman–Crippen MR) is 81.9 cm³/mol. The van der Waals surface area contributed by atoms with Crippen molar-refractivity contribution >= 4 is 22.4 Å². The molecule has 2 aromatic carbocycles. The molecule has 3 aromatic rings. The number of pyridine rings is 1. The third kappa shape index (κ3) is 2.53. The van der Waals surface area contributed by atoms with E-state index in [0.29, 0.717) is 11.4 Å². The highest BCUT2D eigenvalue weighted by atomic mass is 35.5. The van der Waals surface area contributed by atoms with E-state index in [1.165, 1.54) is 0 Å². The number of rotatable bonds is 3. The van der Waals surface area contributed by atoms with Crippen molar-refractivity contribution in [2.24, 2.45) is 0 Å². The second-order valence-corrected chi connectivity index (χ2v) is 5.17. The fraction of sp³-hybridized carbons (Fsp3) is 0.118. The molecule has 1 atom stereocenters. The molecule has 0 fully saturated rings. The number of aliphatic hydroxyl groups excluding tert-OH is 1. The first kappa shape index (κ1) is 13.1. The van der Waals surface area contributed by atoms with Crippen molar-refractivity contribution < 1.29 is 5.11 Å². The van der Waals surface area contributed by atoms with Gasteiger partial charge in [-0.15, -0.1) is 0 Å². The van der Waals surface area contributed by atoms with E-state index in [4.69, 9.17) is 11.6 Å². The lowest BCUT2D eigenvalue weighted by Gasteiger charge is -2.14. The molecule has 0 aliphatic carbocycles. The van der Waals surface area contributed by atoms with E-state index in [2.05, 4.69) is 4.98 Å². The first-order valence-corrected chi connectivity index (χ1v) is 6.87. The number of hydrogen-bond donors (Lipinski definition) is 1. The molecule has 20 heavy (non-hydrogen) atoms. The van der Waals surface area contributed by atoms with Crippen molar-refractivity contribution in [3.05, 3.63) is 77.1 Å². The summed E-state index contributed by atoms with van der Waals surface area (Å²) in [6.45, 7) is 0. The average Bonchev–Trinajstić information content (AvgIpc) is 2.49. The molecule has 2 nitrogen and oxygen atoms in total. The minimum atomic E-state index is -0.617. The van der Waals surface area contributed by atoms with Gasteiger partial charge >= 0.3 is 0 Å². The van der Waals surface area contributed by atoms with Gasteiger partial charge in [0.15, 0.2) is 0 Å². The number of nitrogens with zero attached hydrogens (tertiary/aromatic N) is 1. The van der Waals surface area contributed by atoms with Gasteiger partial charge in [-0.05, 0) is 17.0 Å². The molecule has 0 aliphatic heterocycles. The first-order valence-electron chi connectivity index (χ1n) is 6.50. The van der Waals surface area contributed by atoms with Gasteiger partial charge in [-0.1, -0.05) is 54.1 Å². The molecule has 0 saturated carbocycles. The summed E-state index contributed by atoms with van der Waals surface area (Å²) >= 11 is 6.15. The summed E-state index contributed by atoms with van der Waals surface area (Å²) in [5.74, 6) is 0. The van der Waals surface area contributed by atoms with Crippen LogP contribution >= 0.6 is 11.6 Å². The van der Waals surface area contributed by atoms with Gasteiger partial charge in [-0.2, -0.15) is 0 Å². The van der Waals surface area contributed by atoms with E-state index in [9.17, 15) is 5.11 Å². The summed E-state index contributed by atoms with van der Waals surface area (Å²) < 4.78 is 0. The largest absolute Gasteiger partial charge is 0.388 e. The van der Waals surface area contributed by atoms with Gasteiger partial charge in [0.2, 0.25) is 0 Å². The van der Waals surface area contributed by atoms with Crippen molar-refractivity contribution in [2.75, 3.05) is 0 Å². The highest BCUT2D eigenvalue weighted by Crippen LogP contribution is 2.27. The summed E-state index contributed by atoms with van der Waals surface area (Å²) in [7, 11) is 0. The SMILES string of the molecule is OC(Cc1ccccc1Cl)c1cncc2ccccc12. The van der Waals surface area contributed by atoms with Gasteiger partial charge in [-0.3, -0.25) is 4.98 Å². The predicted octanol–water partition coefficient (Wildman–Crippen LogP) is 4.16. The minimum Gasteiger partial charge on any atom is -0.388 e. The molecule has 1 heterocycles. The van der Waals surface area contributed by atoms with Gasteiger partial charge < -0.3 is 5.11 Å². The minimum absolute atomic E-state index is 0.482. The van der Waals surface area contributed by atoms with Crippen molar-refractivity contribution in [3.63, 3.8) is 0 Å². The van der Waals surface area contributed by atoms with Gasteiger partial charge in [-0.25, -0.2) is 0 Å². The Bertz CT molecular complexity index is 736. The van der Waals surface area contributed by atoms with Gasteiger partial charge in [0.05, 0.1) is 6.10 Å². The van der Waals surface area contributed by atoms with Crippen LogP contribution in [-0.4, -0.2) is 10.1 Å². The Balaban J connectivity index is 1.97. The summed E-state index contributed by atoms with van der Waals surface area (Å²) in [4.78, 5) is 4.20. The van der Waals surface area contributed by atoms with Crippen LogP contribution in [0, 0.1) is 0 Å². The van der Waals surface area contributed by atoms with Crippen LogP contribution in [0.5, 0.6) is 0 Å². The topological polar surface area (TPSA) is 33.1 Å². The maximum Gasteiger partial charge on any atom is 0.0851 e. The number of fused-ring (bicyclic) bond motifs is 1. The van der Waals surface area contributed by atoms with Crippen LogP contribution in [0.15, 0.2) is 60.9 Å². The van der Waals surface area contributed by atoms with Crippen molar-refractivity contribution in [3.8, 4) is 0 Å². The lowest BCUT2D eigenvalue weighted by Crippen LogP contribution is -2.03. The molecule has 100 valence electrons. The van der Waals surface area contributed by atoms with Crippen LogP contribution < -0.4 is 0 Å². The molecule has 0 radical (unpaired) electrons. The van der Waals surface area contributed by atoms with Crippen molar-refractivity contribution in [1.82, 2.24) is 4.98 Å². The summed E-state index contributed by atoms with van der Waals surface area (Å²) in [5, 5.41) is 13.2. The Hall–Kier alpha value is -1.90. The van der Waals surface area contributed by atoms with Crippen LogP contribution in [-0.2, 0) is 6.42 Å². The number of hydrogen-bond acceptors (Lipinski definition) is 2. The second kappa shape index (κ2) is 5.61. The van der Waals surface area contributed by atoms with E-state index >= 15 is 0 Å². The zero-order chi connectivity index (χ0) is 13.9. The lowest BCUT2D eigenvalue weighted by molar-refractivity contribution is 0.179. The third-order valence-corrected chi connectivity index (χ3v) is 3.80. The maximum atomic E-state index is 10.5. The van der Waals surface area contributed by atoms with Gasteiger partial charge in [0.25, 0.3) is 0 Å². The Morgan fingerprint density at radius 2 is 1.75 bits per heavy atom.